The molecule has 0 aromatic rings. The molecule has 5 nitrogen and oxygen atoms in total. The number of hydrogen-bond acceptors (Lipinski definition) is 3. The summed E-state index contributed by atoms with van der Waals surface area (Å²) >= 11 is 0. The van der Waals surface area contributed by atoms with Crippen LogP contribution in [0.1, 0.15) is 65.7 Å². The van der Waals surface area contributed by atoms with Crippen LogP contribution in [0.15, 0.2) is 0 Å². The van der Waals surface area contributed by atoms with Crippen LogP contribution < -0.4 is 5.32 Å². The quantitative estimate of drug-likeness (QED) is 0.811. The number of amides is 2. The van der Waals surface area contributed by atoms with Gasteiger partial charge in [-0.3, -0.25) is 4.79 Å². The van der Waals surface area contributed by atoms with Gasteiger partial charge in [0.15, 0.2) is 0 Å². The minimum Gasteiger partial charge on any atom is -0.444 e. The van der Waals surface area contributed by atoms with Gasteiger partial charge < -0.3 is 15.0 Å². The van der Waals surface area contributed by atoms with Gasteiger partial charge in [0.25, 0.3) is 0 Å². The van der Waals surface area contributed by atoms with Crippen molar-refractivity contribution in [2.24, 2.45) is 0 Å². The summed E-state index contributed by atoms with van der Waals surface area (Å²) in [5.74, 6) is 0.211. The maximum atomic E-state index is 12.1. The van der Waals surface area contributed by atoms with Gasteiger partial charge in [-0.15, -0.1) is 0 Å². The van der Waals surface area contributed by atoms with Gasteiger partial charge in [0.05, 0.1) is 0 Å². The van der Waals surface area contributed by atoms with Crippen molar-refractivity contribution in [3.05, 3.63) is 0 Å². The fourth-order valence-corrected chi connectivity index (χ4v) is 2.40. The average Bonchev–Trinajstić information content (AvgIpc) is 2.31. The van der Waals surface area contributed by atoms with Crippen molar-refractivity contribution in [2.45, 2.75) is 71.3 Å². The molecule has 1 fully saturated rings. The van der Waals surface area contributed by atoms with E-state index in [1.807, 2.05) is 25.7 Å². The summed E-state index contributed by atoms with van der Waals surface area (Å²) in [6.45, 7) is 7.75. The first kappa shape index (κ1) is 17.8. The first-order valence-electron chi connectivity index (χ1n) is 8.13. The molecule has 0 aromatic carbocycles. The molecule has 0 spiro atoms. The highest BCUT2D eigenvalue weighted by atomic mass is 16.6. The normalized spacial score (nSPS) is 16.8. The second-order valence-corrected chi connectivity index (χ2v) is 6.68. The maximum absolute atomic E-state index is 12.1. The van der Waals surface area contributed by atoms with Gasteiger partial charge in [0, 0.05) is 26.1 Å². The fourth-order valence-electron chi connectivity index (χ4n) is 2.40. The van der Waals surface area contributed by atoms with Crippen LogP contribution in [0.25, 0.3) is 0 Å². The van der Waals surface area contributed by atoms with Crippen LogP contribution in [0.4, 0.5) is 4.79 Å². The van der Waals surface area contributed by atoms with Crippen LogP contribution in [-0.2, 0) is 9.53 Å². The van der Waals surface area contributed by atoms with Crippen LogP contribution in [0.3, 0.4) is 0 Å². The molecule has 122 valence electrons. The zero-order valence-corrected chi connectivity index (χ0v) is 13.7. The van der Waals surface area contributed by atoms with E-state index < -0.39 is 11.7 Å². The Balaban J connectivity index is 2.16. The number of nitrogens with one attached hydrogen (secondary N) is 1. The number of carbonyl (C=O) groups is 2. The van der Waals surface area contributed by atoms with Crippen molar-refractivity contribution in [3.63, 3.8) is 0 Å². The minimum atomic E-state index is -0.482. The van der Waals surface area contributed by atoms with Gasteiger partial charge in [-0.05, 0) is 40.0 Å². The Labute approximate surface area is 128 Å². The standard InChI is InChI=1S/C16H30N2O3/c1-16(2,3)21-15(20)17-11-9-10-14(19)18-12-7-5-4-6-8-13-18/h4-13H2,1-3H3,(H,17,20). The number of ether oxygens (including phenoxy) is 1. The maximum Gasteiger partial charge on any atom is 0.407 e. The molecule has 1 rings (SSSR count). The third-order valence-electron chi connectivity index (χ3n) is 3.44. The second kappa shape index (κ2) is 8.90. The molecule has 0 unspecified atom stereocenters. The lowest BCUT2D eigenvalue weighted by Gasteiger charge is -2.25. The van der Waals surface area contributed by atoms with E-state index in [1.165, 1.54) is 19.3 Å². The highest BCUT2D eigenvalue weighted by Gasteiger charge is 2.16. The van der Waals surface area contributed by atoms with Gasteiger partial charge >= 0.3 is 6.09 Å². The number of alkyl carbamates (subject to hydrolysis) is 1. The van der Waals surface area contributed by atoms with Gasteiger partial charge in [0.2, 0.25) is 5.91 Å². The van der Waals surface area contributed by atoms with Crippen molar-refractivity contribution in [1.29, 1.82) is 0 Å². The Morgan fingerprint density at radius 2 is 1.62 bits per heavy atom. The molecule has 0 radical (unpaired) electrons. The van der Waals surface area contributed by atoms with E-state index in [1.54, 1.807) is 0 Å². The number of carbonyl (C=O) groups excluding carboxylic acids is 2. The Hall–Kier alpha value is -1.26. The first-order chi connectivity index (χ1) is 9.88. The van der Waals surface area contributed by atoms with E-state index in [2.05, 4.69) is 5.32 Å². The molecular weight excluding hydrogens is 268 g/mol. The van der Waals surface area contributed by atoms with Gasteiger partial charge in [0.1, 0.15) is 5.60 Å². The molecule has 1 saturated heterocycles. The zero-order chi connectivity index (χ0) is 15.7. The molecule has 0 bridgehead atoms. The second-order valence-electron chi connectivity index (χ2n) is 6.68. The summed E-state index contributed by atoms with van der Waals surface area (Å²) < 4.78 is 5.15. The predicted octanol–water partition coefficient (Wildman–Crippen LogP) is 3.08. The SMILES string of the molecule is CC(C)(C)OC(=O)NCCCC(=O)N1CCCCCCC1. The lowest BCUT2D eigenvalue weighted by molar-refractivity contribution is -0.131. The summed E-state index contributed by atoms with van der Waals surface area (Å²) in [5, 5.41) is 2.69. The smallest absolute Gasteiger partial charge is 0.407 e. The van der Waals surface area contributed by atoms with Crippen LogP contribution in [0.2, 0.25) is 0 Å². The first-order valence-corrected chi connectivity index (χ1v) is 8.13. The minimum absolute atomic E-state index is 0.211. The molecular formula is C16H30N2O3. The molecule has 0 aliphatic carbocycles. The van der Waals surface area contributed by atoms with E-state index in [0.29, 0.717) is 19.4 Å². The Morgan fingerprint density at radius 1 is 1.05 bits per heavy atom. The van der Waals surface area contributed by atoms with Crippen molar-refractivity contribution >= 4 is 12.0 Å². The average molecular weight is 298 g/mol. The van der Waals surface area contributed by atoms with E-state index in [0.717, 1.165) is 25.9 Å². The molecule has 1 N–H and O–H groups in total. The van der Waals surface area contributed by atoms with E-state index in [4.69, 9.17) is 4.74 Å². The fraction of sp³-hybridized carbons (Fsp3) is 0.875. The largest absolute Gasteiger partial charge is 0.444 e. The van der Waals surface area contributed by atoms with Crippen molar-refractivity contribution in [1.82, 2.24) is 10.2 Å². The Bertz CT molecular complexity index is 329. The van der Waals surface area contributed by atoms with Crippen LogP contribution >= 0.6 is 0 Å². The molecule has 21 heavy (non-hydrogen) atoms. The van der Waals surface area contributed by atoms with Gasteiger partial charge in [-0.1, -0.05) is 19.3 Å². The summed E-state index contributed by atoms with van der Waals surface area (Å²) in [4.78, 5) is 25.6. The molecule has 1 heterocycles. The van der Waals surface area contributed by atoms with Crippen molar-refractivity contribution in [2.75, 3.05) is 19.6 Å². The molecule has 1 aliphatic rings. The molecule has 2 amide bonds. The van der Waals surface area contributed by atoms with E-state index >= 15 is 0 Å². The topological polar surface area (TPSA) is 58.6 Å². The zero-order valence-electron chi connectivity index (χ0n) is 13.7. The van der Waals surface area contributed by atoms with E-state index in [-0.39, 0.29) is 5.91 Å². The Morgan fingerprint density at radius 3 is 2.19 bits per heavy atom. The summed E-state index contributed by atoms with van der Waals surface area (Å²) in [6, 6.07) is 0. The van der Waals surface area contributed by atoms with Gasteiger partial charge in [-0.25, -0.2) is 4.79 Å². The van der Waals surface area contributed by atoms with Crippen LogP contribution in [0.5, 0.6) is 0 Å². The number of hydrogen-bond donors (Lipinski definition) is 1. The molecule has 0 aromatic heterocycles. The third kappa shape index (κ3) is 8.58. The van der Waals surface area contributed by atoms with Gasteiger partial charge in [-0.2, -0.15) is 0 Å². The predicted molar refractivity (Wildman–Crippen MR) is 83.1 cm³/mol. The third-order valence-corrected chi connectivity index (χ3v) is 3.44. The Kier molecular flexibility index (Phi) is 7.54. The lowest BCUT2D eigenvalue weighted by Crippen LogP contribution is -2.35. The monoisotopic (exact) mass is 298 g/mol. The van der Waals surface area contributed by atoms with Crippen LogP contribution in [-0.4, -0.2) is 42.1 Å². The number of rotatable bonds is 4. The molecule has 1 aliphatic heterocycles. The van der Waals surface area contributed by atoms with E-state index in [9.17, 15) is 9.59 Å². The highest BCUT2D eigenvalue weighted by Crippen LogP contribution is 2.12. The van der Waals surface area contributed by atoms with Crippen molar-refractivity contribution < 1.29 is 14.3 Å². The summed E-state index contributed by atoms with van der Waals surface area (Å²) in [5.41, 5.74) is -0.482. The summed E-state index contributed by atoms with van der Waals surface area (Å²) in [6.07, 6.45) is 6.71. The highest BCUT2D eigenvalue weighted by molar-refractivity contribution is 5.76. The molecule has 5 heteroatoms. The molecule has 0 saturated carbocycles. The van der Waals surface area contributed by atoms with Crippen LogP contribution in [0, 0.1) is 0 Å². The number of likely N-dealkylation sites (tertiary alicyclic amines) is 1. The molecule has 0 atom stereocenters. The number of nitrogens with zero attached hydrogens (tertiary/aromatic N) is 1. The van der Waals surface area contributed by atoms with Crippen molar-refractivity contribution in [3.8, 4) is 0 Å². The summed E-state index contributed by atoms with van der Waals surface area (Å²) in [7, 11) is 0. The lowest BCUT2D eigenvalue weighted by atomic mass is 10.1.